The molecular weight excluding hydrogens is 344 g/mol. The number of aliphatic hydroxyl groups excluding tert-OH is 1. The zero-order valence-corrected chi connectivity index (χ0v) is 14.9. The molecule has 0 aliphatic rings. The first-order valence-corrected chi connectivity index (χ1v) is 9.14. The normalized spacial score (nSPS) is 12.1. The van der Waals surface area contributed by atoms with Crippen molar-refractivity contribution in [2.75, 3.05) is 0 Å². The summed E-state index contributed by atoms with van der Waals surface area (Å²) in [4.78, 5) is 11.9. The van der Waals surface area contributed by atoms with Gasteiger partial charge >= 0.3 is 5.97 Å². The molecule has 0 aliphatic carbocycles. The lowest BCUT2D eigenvalue weighted by Crippen LogP contribution is -1.98. The van der Waals surface area contributed by atoms with Crippen LogP contribution in [0.15, 0.2) is 28.9 Å². The largest absolute Gasteiger partial charge is 0.481 e. The molecule has 3 nitrogen and oxygen atoms in total. The molecule has 0 spiro atoms. The Kier molecular flexibility index (Phi) is 15.9. The molecule has 0 heterocycles. The van der Waals surface area contributed by atoms with Crippen LogP contribution in [-0.2, 0) is 4.79 Å². The summed E-state index contributed by atoms with van der Waals surface area (Å²) in [6.45, 7) is 0. The Morgan fingerprint density at radius 1 is 1.00 bits per heavy atom. The standard InChI is InChI=1S/C18H29BrO3/c19-16-12-14-17(20)13-10-8-6-4-2-1-3-5-7-9-11-15-18(21)22/h8,10,14,16-17,20H,1-7,9,11,13,15H2,(H,21,22)/b10-8-/t12?,17-/m0/s1. The van der Waals surface area contributed by atoms with Crippen molar-refractivity contribution in [3.8, 4) is 0 Å². The zero-order chi connectivity index (χ0) is 16.5. The lowest BCUT2D eigenvalue weighted by atomic mass is 10.1. The second kappa shape index (κ2) is 16.5. The fourth-order valence-corrected chi connectivity index (χ4v) is 2.32. The van der Waals surface area contributed by atoms with Crippen LogP contribution in [0, 0.1) is 0 Å². The van der Waals surface area contributed by atoms with Gasteiger partial charge in [0.15, 0.2) is 0 Å². The van der Waals surface area contributed by atoms with Crippen molar-refractivity contribution < 1.29 is 15.0 Å². The number of allylic oxidation sites excluding steroid dienone is 1. The average Bonchev–Trinajstić information content (AvgIpc) is 2.49. The molecule has 0 amide bonds. The van der Waals surface area contributed by atoms with E-state index in [0.717, 1.165) is 25.7 Å². The van der Waals surface area contributed by atoms with Gasteiger partial charge in [-0.25, -0.2) is 0 Å². The van der Waals surface area contributed by atoms with Gasteiger partial charge in [0.1, 0.15) is 0 Å². The molecule has 1 atom stereocenters. The minimum atomic E-state index is -0.684. The molecule has 22 heavy (non-hydrogen) atoms. The minimum absolute atomic E-state index is 0.309. The summed E-state index contributed by atoms with van der Waals surface area (Å²) in [5.41, 5.74) is 2.80. The maximum absolute atomic E-state index is 10.3. The molecule has 0 bridgehead atoms. The van der Waals surface area contributed by atoms with Crippen LogP contribution in [0.1, 0.15) is 70.6 Å². The summed E-state index contributed by atoms with van der Waals surface area (Å²) in [6, 6.07) is 0. The van der Waals surface area contributed by atoms with Crippen molar-refractivity contribution in [1.82, 2.24) is 0 Å². The first-order chi connectivity index (χ1) is 10.7. The molecule has 0 fully saturated rings. The topological polar surface area (TPSA) is 57.5 Å². The number of carboxylic acid groups (broad SMARTS) is 1. The van der Waals surface area contributed by atoms with Gasteiger partial charge in [0.2, 0.25) is 0 Å². The van der Waals surface area contributed by atoms with Gasteiger partial charge in [-0.2, -0.15) is 0 Å². The number of unbranched alkanes of at least 4 members (excludes halogenated alkanes) is 8. The number of hydrogen-bond acceptors (Lipinski definition) is 2. The van der Waals surface area contributed by atoms with Gasteiger partial charge in [-0.15, -0.1) is 5.73 Å². The SMILES string of the molecule is O=C(O)CCCCCCCCCC/C=C\C[C@H](O)C=C=CBr. The number of carboxylic acids is 1. The summed E-state index contributed by atoms with van der Waals surface area (Å²) < 4.78 is 0. The number of carbonyl (C=O) groups is 1. The summed E-state index contributed by atoms with van der Waals surface area (Å²) in [7, 11) is 0. The molecule has 0 aromatic rings. The van der Waals surface area contributed by atoms with Crippen molar-refractivity contribution in [2.24, 2.45) is 0 Å². The highest BCUT2D eigenvalue weighted by atomic mass is 79.9. The number of hydrogen-bond donors (Lipinski definition) is 2. The van der Waals surface area contributed by atoms with Gasteiger partial charge in [-0.05, 0) is 31.8 Å². The van der Waals surface area contributed by atoms with Crippen LogP contribution in [0.4, 0.5) is 0 Å². The summed E-state index contributed by atoms with van der Waals surface area (Å²) >= 11 is 3.10. The molecular formula is C18H29BrO3. The van der Waals surface area contributed by atoms with E-state index in [1.165, 1.54) is 32.1 Å². The second-order valence-corrected chi connectivity index (χ2v) is 5.94. The monoisotopic (exact) mass is 372 g/mol. The third kappa shape index (κ3) is 17.2. The third-order valence-electron chi connectivity index (χ3n) is 3.41. The van der Waals surface area contributed by atoms with Crippen LogP contribution >= 0.6 is 15.9 Å². The first-order valence-electron chi connectivity index (χ1n) is 8.23. The molecule has 0 aromatic heterocycles. The van der Waals surface area contributed by atoms with E-state index in [2.05, 4.69) is 27.7 Å². The molecule has 0 aromatic carbocycles. The highest BCUT2D eigenvalue weighted by molar-refractivity contribution is 9.11. The van der Waals surface area contributed by atoms with Crippen LogP contribution in [0.3, 0.4) is 0 Å². The van der Waals surface area contributed by atoms with Crippen molar-refractivity contribution in [2.45, 2.75) is 76.7 Å². The molecule has 0 aliphatic heterocycles. The van der Waals surface area contributed by atoms with Gasteiger partial charge in [0.25, 0.3) is 0 Å². The lowest BCUT2D eigenvalue weighted by molar-refractivity contribution is -0.137. The molecule has 2 N–H and O–H groups in total. The van der Waals surface area contributed by atoms with Crippen molar-refractivity contribution in [1.29, 1.82) is 0 Å². The van der Waals surface area contributed by atoms with E-state index in [-0.39, 0.29) is 0 Å². The Morgan fingerprint density at radius 3 is 2.18 bits per heavy atom. The van der Waals surface area contributed by atoms with Crippen LogP contribution in [-0.4, -0.2) is 22.3 Å². The predicted molar refractivity (Wildman–Crippen MR) is 95.1 cm³/mol. The van der Waals surface area contributed by atoms with Gasteiger partial charge in [0, 0.05) is 11.4 Å². The highest BCUT2D eigenvalue weighted by Gasteiger charge is 1.96. The number of aliphatic carboxylic acids is 1. The number of rotatable bonds is 14. The molecule has 0 radical (unpaired) electrons. The van der Waals surface area contributed by atoms with Gasteiger partial charge in [-0.3, -0.25) is 4.79 Å². The smallest absolute Gasteiger partial charge is 0.303 e. The zero-order valence-electron chi connectivity index (χ0n) is 13.3. The van der Waals surface area contributed by atoms with Crippen molar-refractivity contribution in [3.63, 3.8) is 0 Å². The van der Waals surface area contributed by atoms with E-state index in [0.29, 0.717) is 12.8 Å². The summed E-state index contributed by atoms with van der Waals surface area (Å²) in [6.07, 6.45) is 16.5. The Hall–Kier alpha value is -0.830. The molecule has 126 valence electrons. The molecule has 4 heteroatoms. The predicted octanol–water partition coefficient (Wildman–Crippen LogP) is 5.34. The Morgan fingerprint density at radius 2 is 1.59 bits per heavy atom. The first kappa shape index (κ1) is 21.2. The van der Waals surface area contributed by atoms with Crippen LogP contribution in [0.5, 0.6) is 0 Å². The average molecular weight is 373 g/mol. The second-order valence-electron chi connectivity index (χ2n) is 5.48. The van der Waals surface area contributed by atoms with E-state index in [1.54, 1.807) is 11.1 Å². The molecule has 0 saturated carbocycles. The Labute approximate surface area is 142 Å². The van der Waals surface area contributed by atoms with Crippen LogP contribution in [0.2, 0.25) is 0 Å². The molecule has 0 saturated heterocycles. The van der Waals surface area contributed by atoms with Crippen LogP contribution in [0.25, 0.3) is 0 Å². The highest BCUT2D eigenvalue weighted by Crippen LogP contribution is 2.11. The third-order valence-corrected chi connectivity index (χ3v) is 3.67. The Balaban J connectivity index is 3.26. The van der Waals surface area contributed by atoms with E-state index in [4.69, 9.17) is 5.11 Å². The Bertz CT molecular complexity index is 357. The maximum atomic E-state index is 10.3. The van der Waals surface area contributed by atoms with E-state index in [1.807, 2.05) is 6.08 Å². The molecule has 0 rings (SSSR count). The van der Waals surface area contributed by atoms with Crippen LogP contribution < -0.4 is 0 Å². The summed E-state index contributed by atoms with van der Waals surface area (Å²) in [5, 5.41) is 18.0. The quantitative estimate of drug-likeness (QED) is 0.245. The van der Waals surface area contributed by atoms with E-state index < -0.39 is 12.1 Å². The summed E-state index contributed by atoms with van der Waals surface area (Å²) in [5.74, 6) is -0.684. The van der Waals surface area contributed by atoms with Crippen molar-refractivity contribution >= 4 is 21.9 Å². The van der Waals surface area contributed by atoms with E-state index in [9.17, 15) is 9.90 Å². The van der Waals surface area contributed by atoms with Crippen molar-refractivity contribution in [3.05, 3.63) is 28.9 Å². The fourth-order valence-electron chi connectivity index (χ4n) is 2.17. The van der Waals surface area contributed by atoms with Gasteiger partial charge in [0.05, 0.1) is 6.10 Å². The molecule has 0 unspecified atom stereocenters. The minimum Gasteiger partial charge on any atom is -0.481 e. The fraction of sp³-hybridized carbons (Fsp3) is 0.667. The van der Waals surface area contributed by atoms with Gasteiger partial charge in [-0.1, -0.05) is 66.6 Å². The maximum Gasteiger partial charge on any atom is 0.303 e. The van der Waals surface area contributed by atoms with E-state index >= 15 is 0 Å². The van der Waals surface area contributed by atoms with Gasteiger partial charge < -0.3 is 10.2 Å². The number of aliphatic hydroxyl groups is 1. The number of halogens is 1. The lowest BCUT2D eigenvalue weighted by Gasteiger charge is -2.01.